The average Bonchev–Trinajstić information content (AvgIpc) is 2.58. The van der Waals surface area contributed by atoms with Crippen molar-refractivity contribution in [3.63, 3.8) is 0 Å². The van der Waals surface area contributed by atoms with Crippen LogP contribution in [0.4, 0.5) is 5.69 Å². The Kier molecular flexibility index (Phi) is 2.13. The van der Waals surface area contributed by atoms with Crippen LogP contribution in [0.2, 0.25) is 0 Å². The van der Waals surface area contributed by atoms with Crippen LogP contribution in [0.25, 0.3) is 0 Å². The van der Waals surface area contributed by atoms with Crippen LogP contribution in [0.15, 0.2) is 33.8 Å². The lowest BCUT2D eigenvalue weighted by Gasteiger charge is -2.12. The zero-order valence-corrected chi connectivity index (χ0v) is 8.16. The van der Waals surface area contributed by atoms with Gasteiger partial charge in [-0.25, -0.2) is 0 Å². The largest absolute Gasteiger partial charge is 0.266 e. The quantitative estimate of drug-likeness (QED) is 0.717. The molecule has 0 bridgehead atoms. The van der Waals surface area contributed by atoms with Gasteiger partial charge in [0, 0.05) is 23.7 Å². The summed E-state index contributed by atoms with van der Waals surface area (Å²) in [7, 11) is 0. The summed E-state index contributed by atoms with van der Waals surface area (Å²) < 4.78 is 1.11. The molecular weight excluding hydrogens is 216 g/mol. The standard InChI is InChI=1S/C9H9BrN2/c10-8-2-4-9(5-3-8)12-7-1-6-11-12/h2-6H,1,7H2. The van der Waals surface area contributed by atoms with Gasteiger partial charge in [0.2, 0.25) is 0 Å². The summed E-state index contributed by atoms with van der Waals surface area (Å²) in [6, 6.07) is 8.19. The van der Waals surface area contributed by atoms with Crippen molar-refractivity contribution in [1.29, 1.82) is 0 Å². The zero-order chi connectivity index (χ0) is 8.39. The highest BCUT2D eigenvalue weighted by Gasteiger charge is 2.06. The van der Waals surface area contributed by atoms with Crippen LogP contribution in [-0.2, 0) is 0 Å². The third-order valence-corrected chi connectivity index (χ3v) is 2.34. The highest BCUT2D eigenvalue weighted by Crippen LogP contribution is 2.20. The van der Waals surface area contributed by atoms with Crippen molar-refractivity contribution in [3.8, 4) is 0 Å². The van der Waals surface area contributed by atoms with E-state index in [9.17, 15) is 0 Å². The third-order valence-electron chi connectivity index (χ3n) is 1.82. The maximum atomic E-state index is 4.23. The highest BCUT2D eigenvalue weighted by atomic mass is 79.9. The molecule has 3 heteroatoms. The molecule has 0 spiro atoms. The highest BCUT2D eigenvalue weighted by molar-refractivity contribution is 9.10. The third kappa shape index (κ3) is 1.50. The van der Waals surface area contributed by atoms with Gasteiger partial charge in [0.15, 0.2) is 0 Å². The Bertz CT molecular complexity index is 292. The first-order valence-electron chi connectivity index (χ1n) is 3.92. The molecule has 1 aromatic carbocycles. The van der Waals surface area contributed by atoms with E-state index in [0.29, 0.717) is 0 Å². The van der Waals surface area contributed by atoms with E-state index in [-0.39, 0.29) is 0 Å². The first-order valence-corrected chi connectivity index (χ1v) is 4.71. The molecule has 1 aliphatic heterocycles. The SMILES string of the molecule is Brc1ccc(N2CCC=N2)cc1. The van der Waals surface area contributed by atoms with Gasteiger partial charge in [-0.1, -0.05) is 15.9 Å². The molecule has 2 rings (SSSR count). The molecule has 0 atom stereocenters. The molecule has 0 aliphatic carbocycles. The molecule has 0 amide bonds. The second-order valence-corrected chi connectivity index (χ2v) is 3.60. The van der Waals surface area contributed by atoms with Crippen molar-refractivity contribution in [3.05, 3.63) is 28.7 Å². The first-order chi connectivity index (χ1) is 5.86. The topological polar surface area (TPSA) is 15.6 Å². The Morgan fingerprint density at radius 2 is 2.00 bits per heavy atom. The molecule has 1 aliphatic rings. The second kappa shape index (κ2) is 3.27. The van der Waals surface area contributed by atoms with E-state index in [1.54, 1.807) is 0 Å². The molecule has 12 heavy (non-hydrogen) atoms. The summed E-state index contributed by atoms with van der Waals surface area (Å²) in [6.07, 6.45) is 3.00. The number of nitrogens with zero attached hydrogens (tertiary/aromatic N) is 2. The average molecular weight is 225 g/mol. The van der Waals surface area contributed by atoms with E-state index in [1.165, 1.54) is 0 Å². The minimum atomic E-state index is 1.00. The molecule has 0 radical (unpaired) electrons. The number of hydrazone groups is 1. The summed E-state index contributed by atoms with van der Waals surface area (Å²) in [4.78, 5) is 0. The van der Waals surface area contributed by atoms with Crippen molar-refractivity contribution < 1.29 is 0 Å². The number of rotatable bonds is 1. The molecular formula is C9H9BrN2. The van der Waals surface area contributed by atoms with E-state index in [0.717, 1.165) is 23.1 Å². The van der Waals surface area contributed by atoms with Gasteiger partial charge >= 0.3 is 0 Å². The van der Waals surface area contributed by atoms with Crippen LogP contribution < -0.4 is 5.01 Å². The van der Waals surface area contributed by atoms with E-state index in [2.05, 4.69) is 33.2 Å². The first kappa shape index (κ1) is 7.80. The molecule has 0 N–H and O–H groups in total. The Morgan fingerprint density at radius 3 is 2.58 bits per heavy atom. The molecule has 2 nitrogen and oxygen atoms in total. The van der Waals surface area contributed by atoms with Gasteiger partial charge in [0.1, 0.15) is 0 Å². The number of hydrogen-bond acceptors (Lipinski definition) is 2. The fourth-order valence-corrected chi connectivity index (χ4v) is 1.47. The lowest BCUT2D eigenvalue weighted by molar-refractivity contribution is 0.922. The minimum absolute atomic E-state index is 1.00. The Labute approximate surface area is 80.0 Å². The van der Waals surface area contributed by atoms with E-state index < -0.39 is 0 Å². The van der Waals surface area contributed by atoms with Crippen molar-refractivity contribution in [2.75, 3.05) is 11.6 Å². The summed E-state index contributed by atoms with van der Waals surface area (Å²) in [5.74, 6) is 0. The van der Waals surface area contributed by atoms with Gasteiger partial charge < -0.3 is 0 Å². The summed E-state index contributed by atoms with van der Waals surface area (Å²) in [6.45, 7) is 1.00. The van der Waals surface area contributed by atoms with Gasteiger partial charge in [0.05, 0.1) is 5.69 Å². The summed E-state index contributed by atoms with van der Waals surface area (Å²) >= 11 is 3.40. The van der Waals surface area contributed by atoms with Crippen LogP contribution in [0.3, 0.4) is 0 Å². The number of benzene rings is 1. The number of hydrogen-bond donors (Lipinski definition) is 0. The van der Waals surface area contributed by atoms with E-state index in [1.807, 2.05) is 23.4 Å². The van der Waals surface area contributed by atoms with E-state index in [4.69, 9.17) is 0 Å². The molecule has 1 aromatic rings. The Morgan fingerprint density at radius 1 is 1.25 bits per heavy atom. The van der Waals surface area contributed by atoms with Gasteiger partial charge in [-0.05, 0) is 24.3 Å². The maximum Gasteiger partial charge on any atom is 0.0594 e. The summed E-state index contributed by atoms with van der Waals surface area (Å²) in [5, 5.41) is 6.24. The van der Waals surface area contributed by atoms with Crippen LogP contribution >= 0.6 is 15.9 Å². The lowest BCUT2D eigenvalue weighted by atomic mass is 10.3. The Balaban J connectivity index is 2.23. The number of anilines is 1. The molecule has 0 aromatic heterocycles. The van der Waals surface area contributed by atoms with Crippen LogP contribution in [-0.4, -0.2) is 12.8 Å². The van der Waals surface area contributed by atoms with Gasteiger partial charge in [-0.3, -0.25) is 5.01 Å². The van der Waals surface area contributed by atoms with Crippen LogP contribution in [0.5, 0.6) is 0 Å². The van der Waals surface area contributed by atoms with Crippen molar-refractivity contribution in [1.82, 2.24) is 0 Å². The van der Waals surface area contributed by atoms with Crippen molar-refractivity contribution >= 4 is 27.8 Å². The molecule has 0 fully saturated rings. The van der Waals surface area contributed by atoms with Gasteiger partial charge in [0.25, 0.3) is 0 Å². The molecule has 0 saturated heterocycles. The Hall–Kier alpha value is -0.830. The smallest absolute Gasteiger partial charge is 0.0594 e. The predicted octanol–water partition coefficient (Wildman–Crippen LogP) is 2.65. The monoisotopic (exact) mass is 224 g/mol. The lowest BCUT2D eigenvalue weighted by Crippen LogP contribution is -2.11. The van der Waals surface area contributed by atoms with Crippen LogP contribution in [0.1, 0.15) is 6.42 Å². The van der Waals surface area contributed by atoms with E-state index >= 15 is 0 Å². The normalized spacial score (nSPS) is 15.6. The molecule has 0 unspecified atom stereocenters. The van der Waals surface area contributed by atoms with Crippen molar-refractivity contribution in [2.24, 2.45) is 5.10 Å². The molecule has 1 heterocycles. The molecule has 0 saturated carbocycles. The fourth-order valence-electron chi connectivity index (χ4n) is 1.20. The van der Waals surface area contributed by atoms with Gasteiger partial charge in [-0.2, -0.15) is 5.10 Å². The zero-order valence-electron chi connectivity index (χ0n) is 6.57. The van der Waals surface area contributed by atoms with Crippen LogP contribution in [0, 0.1) is 0 Å². The molecule has 62 valence electrons. The maximum absolute atomic E-state index is 4.23. The minimum Gasteiger partial charge on any atom is -0.266 e. The number of halogens is 1. The summed E-state index contributed by atoms with van der Waals surface area (Å²) in [5.41, 5.74) is 1.16. The van der Waals surface area contributed by atoms with Gasteiger partial charge in [-0.15, -0.1) is 0 Å². The second-order valence-electron chi connectivity index (χ2n) is 2.69. The predicted molar refractivity (Wildman–Crippen MR) is 54.6 cm³/mol. The fraction of sp³-hybridized carbons (Fsp3) is 0.222. The van der Waals surface area contributed by atoms with Crippen molar-refractivity contribution in [2.45, 2.75) is 6.42 Å².